The van der Waals surface area contributed by atoms with Crippen molar-refractivity contribution in [3.63, 3.8) is 0 Å². The van der Waals surface area contributed by atoms with Crippen LogP contribution in [0.1, 0.15) is 12.8 Å². The molecular formula is C17H21N5O2. The predicted octanol–water partition coefficient (Wildman–Crippen LogP) is 1.28. The zero-order valence-electron chi connectivity index (χ0n) is 13.5. The number of pyridine rings is 1. The SMILES string of the molecule is O=c1ccc(N2CCN(c3cc(OCC4CC4)ncn3)CC2)c[nH]1. The molecule has 0 amide bonds. The van der Waals surface area contributed by atoms with E-state index in [2.05, 4.69) is 24.8 Å². The van der Waals surface area contributed by atoms with E-state index in [1.807, 2.05) is 12.1 Å². The van der Waals surface area contributed by atoms with Gasteiger partial charge in [0.15, 0.2) is 0 Å². The summed E-state index contributed by atoms with van der Waals surface area (Å²) < 4.78 is 5.74. The molecule has 1 saturated heterocycles. The van der Waals surface area contributed by atoms with Crippen molar-refractivity contribution in [2.24, 2.45) is 5.92 Å². The van der Waals surface area contributed by atoms with Crippen molar-refractivity contribution in [3.05, 3.63) is 41.1 Å². The highest BCUT2D eigenvalue weighted by atomic mass is 16.5. The number of H-pyrrole nitrogens is 1. The largest absolute Gasteiger partial charge is 0.477 e. The minimum Gasteiger partial charge on any atom is -0.477 e. The highest BCUT2D eigenvalue weighted by molar-refractivity contribution is 5.48. The smallest absolute Gasteiger partial charge is 0.248 e. The molecule has 1 saturated carbocycles. The Morgan fingerprint density at radius 1 is 1.12 bits per heavy atom. The first-order valence-electron chi connectivity index (χ1n) is 8.41. The van der Waals surface area contributed by atoms with Gasteiger partial charge in [-0.3, -0.25) is 4.79 Å². The number of nitrogens with zero attached hydrogens (tertiary/aromatic N) is 4. The van der Waals surface area contributed by atoms with Gasteiger partial charge in [-0.15, -0.1) is 0 Å². The van der Waals surface area contributed by atoms with Gasteiger partial charge in [0.2, 0.25) is 11.4 Å². The molecule has 0 atom stereocenters. The van der Waals surface area contributed by atoms with Gasteiger partial charge in [-0.1, -0.05) is 0 Å². The summed E-state index contributed by atoms with van der Waals surface area (Å²) in [4.78, 5) is 27.0. The Labute approximate surface area is 140 Å². The number of hydrogen-bond acceptors (Lipinski definition) is 6. The van der Waals surface area contributed by atoms with E-state index in [1.165, 1.54) is 12.8 Å². The van der Waals surface area contributed by atoms with E-state index in [1.54, 1.807) is 18.6 Å². The molecule has 0 radical (unpaired) electrons. The second-order valence-electron chi connectivity index (χ2n) is 6.35. The van der Waals surface area contributed by atoms with Crippen molar-refractivity contribution in [1.82, 2.24) is 15.0 Å². The highest BCUT2D eigenvalue weighted by Crippen LogP contribution is 2.29. The van der Waals surface area contributed by atoms with Crippen LogP contribution in [0.15, 0.2) is 35.5 Å². The van der Waals surface area contributed by atoms with Crippen molar-refractivity contribution >= 4 is 11.5 Å². The normalized spacial score (nSPS) is 17.8. The van der Waals surface area contributed by atoms with Crippen LogP contribution < -0.4 is 20.1 Å². The van der Waals surface area contributed by atoms with E-state index in [0.717, 1.165) is 44.3 Å². The molecule has 2 aliphatic rings. The molecule has 7 nitrogen and oxygen atoms in total. The monoisotopic (exact) mass is 327 g/mol. The van der Waals surface area contributed by atoms with Crippen LogP contribution in [0.2, 0.25) is 0 Å². The van der Waals surface area contributed by atoms with Crippen molar-refractivity contribution in [3.8, 4) is 5.88 Å². The molecule has 24 heavy (non-hydrogen) atoms. The van der Waals surface area contributed by atoms with E-state index in [0.29, 0.717) is 11.8 Å². The van der Waals surface area contributed by atoms with Gasteiger partial charge >= 0.3 is 0 Å². The fourth-order valence-corrected chi connectivity index (χ4v) is 2.86. The second-order valence-corrected chi connectivity index (χ2v) is 6.35. The Morgan fingerprint density at radius 3 is 2.62 bits per heavy atom. The van der Waals surface area contributed by atoms with Gasteiger partial charge in [-0.2, -0.15) is 0 Å². The Hall–Kier alpha value is -2.57. The lowest BCUT2D eigenvalue weighted by Gasteiger charge is -2.36. The van der Waals surface area contributed by atoms with Crippen LogP contribution in [0.4, 0.5) is 11.5 Å². The van der Waals surface area contributed by atoms with Crippen LogP contribution in [0, 0.1) is 5.92 Å². The molecule has 1 aliphatic heterocycles. The molecular weight excluding hydrogens is 306 g/mol. The first-order valence-corrected chi connectivity index (χ1v) is 8.41. The lowest BCUT2D eigenvalue weighted by molar-refractivity contribution is 0.288. The summed E-state index contributed by atoms with van der Waals surface area (Å²) in [7, 11) is 0. The summed E-state index contributed by atoms with van der Waals surface area (Å²) in [5.74, 6) is 2.29. The molecule has 2 fully saturated rings. The quantitative estimate of drug-likeness (QED) is 0.892. The summed E-state index contributed by atoms with van der Waals surface area (Å²) >= 11 is 0. The van der Waals surface area contributed by atoms with Crippen LogP contribution in [-0.4, -0.2) is 47.7 Å². The lowest BCUT2D eigenvalue weighted by Crippen LogP contribution is -2.47. The molecule has 2 aromatic heterocycles. The lowest BCUT2D eigenvalue weighted by atomic mass is 10.2. The molecule has 126 valence electrons. The van der Waals surface area contributed by atoms with Crippen molar-refractivity contribution in [2.75, 3.05) is 42.6 Å². The average Bonchev–Trinajstić information content (AvgIpc) is 3.46. The fraction of sp³-hybridized carbons (Fsp3) is 0.471. The fourth-order valence-electron chi connectivity index (χ4n) is 2.86. The Morgan fingerprint density at radius 2 is 1.92 bits per heavy atom. The number of aromatic nitrogens is 3. The number of nitrogens with one attached hydrogen (secondary N) is 1. The van der Waals surface area contributed by atoms with E-state index < -0.39 is 0 Å². The van der Waals surface area contributed by atoms with Crippen molar-refractivity contribution < 1.29 is 4.74 Å². The summed E-state index contributed by atoms with van der Waals surface area (Å²) in [5.41, 5.74) is 0.975. The first-order chi connectivity index (χ1) is 11.8. The minimum atomic E-state index is -0.0721. The predicted molar refractivity (Wildman–Crippen MR) is 91.7 cm³/mol. The van der Waals surface area contributed by atoms with Gasteiger partial charge in [0.25, 0.3) is 0 Å². The molecule has 0 unspecified atom stereocenters. The Bertz CT molecular complexity index is 730. The third-order valence-electron chi connectivity index (χ3n) is 4.53. The van der Waals surface area contributed by atoms with Gasteiger partial charge in [0.05, 0.1) is 12.3 Å². The Balaban J connectivity index is 1.37. The third-order valence-corrected chi connectivity index (χ3v) is 4.53. The van der Waals surface area contributed by atoms with Crippen LogP contribution in [0.25, 0.3) is 0 Å². The van der Waals surface area contributed by atoms with Crippen LogP contribution in [0.5, 0.6) is 5.88 Å². The van der Waals surface area contributed by atoms with Gasteiger partial charge in [0, 0.05) is 44.5 Å². The zero-order valence-corrected chi connectivity index (χ0v) is 13.5. The number of aromatic amines is 1. The van der Waals surface area contributed by atoms with E-state index in [4.69, 9.17) is 4.74 Å². The molecule has 0 bridgehead atoms. The molecule has 4 rings (SSSR count). The molecule has 2 aromatic rings. The summed E-state index contributed by atoms with van der Waals surface area (Å²) in [6, 6.07) is 5.36. The van der Waals surface area contributed by atoms with Crippen molar-refractivity contribution in [1.29, 1.82) is 0 Å². The molecule has 0 spiro atoms. The molecule has 1 N–H and O–H groups in total. The molecule has 3 heterocycles. The number of piperazine rings is 1. The van der Waals surface area contributed by atoms with Crippen LogP contribution in [0.3, 0.4) is 0 Å². The van der Waals surface area contributed by atoms with E-state index >= 15 is 0 Å². The third kappa shape index (κ3) is 3.50. The van der Waals surface area contributed by atoms with Crippen LogP contribution in [-0.2, 0) is 0 Å². The summed E-state index contributed by atoms with van der Waals surface area (Å²) in [6.45, 7) is 4.27. The maximum absolute atomic E-state index is 11.2. The minimum absolute atomic E-state index is 0.0721. The topological polar surface area (TPSA) is 74.3 Å². The molecule has 0 aromatic carbocycles. The summed E-state index contributed by atoms with van der Waals surface area (Å²) in [6.07, 6.45) is 5.88. The number of anilines is 2. The molecule has 7 heteroatoms. The maximum Gasteiger partial charge on any atom is 0.248 e. The van der Waals surface area contributed by atoms with Crippen molar-refractivity contribution in [2.45, 2.75) is 12.8 Å². The maximum atomic E-state index is 11.2. The van der Waals surface area contributed by atoms with Crippen LogP contribution >= 0.6 is 0 Å². The van der Waals surface area contributed by atoms with Gasteiger partial charge in [0.1, 0.15) is 12.1 Å². The van der Waals surface area contributed by atoms with E-state index in [9.17, 15) is 4.79 Å². The average molecular weight is 327 g/mol. The van der Waals surface area contributed by atoms with Gasteiger partial charge in [-0.25, -0.2) is 9.97 Å². The number of ether oxygens (including phenoxy) is 1. The standard InChI is InChI=1S/C17H21N5O2/c23-16-4-3-14(10-18-16)21-5-7-22(8-6-21)15-9-17(20-12-19-15)24-11-13-1-2-13/h3-4,9-10,12-13H,1-2,5-8,11H2,(H,18,23). The number of rotatable bonds is 5. The van der Waals surface area contributed by atoms with Gasteiger partial charge in [-0.05, 0) is 24.8 Å². The number of hydrogen-bond donors (Lipinski definition) is 1. The first kappa shape index (κ1) is 15.0. The summed E-state index contributed by atoms with van der Waals surface area (Å²) in [5, 5.41) is 0. The second kappa shape index (κ2) is 6.51. The zero-order chi connectivity index (χ0) is 16.4. The highest BCUT2D eigenvalue weighted by Gasteiger charge is 2.23. The van der Waals surface area contributed by atoms with E-state index in [-0.39, 0.29) is 5.56 Å². The Kier molecular flexibility index (Phi) is 4.06. The van der Waals surface area contributed by atoms with Gasteiger partial charge < -0.3 is 19.5 Å². The molecule has 1 aliphatic carbocycles.